The molecule has 0 spiro atoms. The van der Waals surface area contributed by atoms with Gasteiger partial charge in [0.2, 0.25) is 0 Å². The number of ether oxygens (including phenoxy) is 1. The summed E-state index contributed by atoms with van der Waals surface area (Å²) in [7, 11) is 0. The largest absolute Gasteiger partial charge is 1.00 e. The van der Waals surface area contributed by atoms with Crippen molar-refractivity contribution in [2.45, 2.75) is 57.7 Å². The third-order valence-electron chi connectivity index (χ3n) is 3.84. The van der Waals surface area contributed by atoms with Gasteiger partial charge in [0.1, 0.15) is 5.75 Å². The predicted octanol–water partition coefficient (Wildman–Crippen LogP) is -0.127. The number of rotatable bonds is 7. The second-order valence-corrected chi connectivity index (χ2v) is 5.34. The number of hydrogen-bond acceptors (Lipinski definition) is 3. The molecule has 0 bridgehead atoms. The van der Waals surface area contributed by atoms with Crippen molar-refractivity contribution in [1.29, 1.82) is 0 Å². The molecule has 0 saturated heterocycles. The van der Waals surface area contributed by atoms with E-state index in [4.69, 9.17) is 9.84 Å². The summed E-state index contributed by atoms with van der Waals surface area (Å²) in [6.45, 7) is 3.06. The first-order valence-corrected chi connectivity index (χ1v) is 7.41. The second-order valence-electron chi connectivity index (χ2n) is 5.34. The van der Waals surface area contributed by atoms with Gasteiger partial charge >= 0.3 is 0 Å². The van der Waals surface area contributed by atoms with Crippen LogP contribution in [0.25, 0.3) is 0 Å². The van der Waals surface area contributed by atoms with Gasteiger partial charge in [-0.3, -0.25) is 0 Å². The predicted molar refractivity (Wildman–Crippen MR) is 77.3 cm³/mol. The Labute approximate surface area is 128 Å². The molecule has 1 unspecified atom stereocenters. The third-order valence-corrected chi connectivity index (χ3v) is 3.84. The molecule has 4 heteroatoms. The lowest BCUT2D eigenvalue weighted by molar-refractivity contribution is -0.00000598. The highest BCUT2D eigenvalue weighted by Gasteiger charge is 2.16. The van der Waals surface area contributed by atoms with Gasteiger partial charge in [-0.2, -0.15) is 0 Å². The van der Waals surface area contributed by atoms with Crippen LogP contribution in [0.5, 0.6) is 5.75 Å². The summed E-state index contributed by atoms with van der Waals surface area (Å²) in [5, 5.41) is 12.5. The van der Waals surface area contributed by atoms with Crippen molar-refractivity contribution in [1.82, 2.24) is 5.32 Å². The molecule has 0 aliphatic heterocycles. The smallest absolute Gasteiger partial charge is 0.119 e. The molecular weight excluding hydrogens is 274 g/mol. The molecule has 1 atom stereocenters. The summed E-state index contributed by atoms with van der Waals surface area (Å²) in [5.74, 6) is 0.977. The van der Waals surface area contributed by atoms with E-state index in [-0.39, 0.29) is 25.1 Å². The lowest BCUT2D eigenvalue weighted by Crippen LogP contribution is -3.00. The number of aliphatic hydroxyl groups excluding tert-OH is 1. The fourth-order valence-corrected chi connectivity index (χ4v) is 2.48. The molecular formula is C16H25ClNO2-. The highest BCUT2D eigenvalue weighted by molar-refractivity contribution is 5.27. The van der Waals surface area contributed by atoms with Gasteiger partial charge < -0.3 is 27.6 Å². The normalized spacial score (nSPS) is 16.7. The van der Waals surface area contributed by atoms with Gasteiger partial charge in [0.25, 0.3) is 0 Å². The zero-order valence-corrected chi connectivity index (χ0v) is 12.9. The van der Waals surface area contributed by atoms with Gasteiger partial charge in [-0.05, 0) is 49.8 Å². The Hall–Kier alpha value is -0.770. The molecule has 1 aromatic carbocycles. The standard InChI is InChI=1S/C16H25NO2.ClH/c1-2-14(12-18)17-11-13-7-9-16(10-8-13)19-15-5-3-4-6-15;/h7-10,14-15,17-18H,2-6,11-12H2,1H3;1H/p-1. The SMILES string of the molecule is CCC(CO)NCc1ccc(OC2CCCC2)cc1.[Cl-]. The zero-order chi connectivity index (χ0) is 13.5. The van der Waals surface area contributed by atoms with Gasteiger partial charge in [-0.1, -0.05) is 19.1 Å². The summed E-state index contributed by atoms with van der Waals surface area (Å²) in [5.41, 5.74) is 1.23. The minimum Gasteiger partial charge on any atom is -1.00 e. The van der Waals surface area contributed by atoms with Crippen LogP contribution in [0, 0.1) is 0 Å². The van der Waals surface area contributed by atoms with Crippen LogP contribution in [-0.4, -0.2) is 23.9 Å². The van der Waals surface area contributed by atoms with Crippen LogP contribution < -0.4 is 22.5 Å². The molecule has 1 saturated carbocycles. The molecule has 114 valence electrons. The molecule has 0 amide bonds. The van der Waals surface area contributed by atoms with Gasteiger partial charge in [-0.15, -0.1) is 0 Å². The van der Waals surface area contributed by atoms with E-state index < -0.39 is 0 Å². The van der Waals surface area contributed by atoms with Crippen molar-refractivity contribution < 1.29 is 22.3 Å². The number of nitrogens with one attached hydrogen (secondary N) is 1. The minimum atomic E-state index is 0. The second kappa shape index (κ2) is 9.22. The molecule has 3 nitrogen and oxygen atoms in total. The fourth-order valence-electron chi connectivity index (χ4n) is 2.48. The first kappa shape index (κ1) is 17.3. The van der Waals surface area contributed by atoms with E-state index in [0.29, 0.717) is 6.10 Å². The molecule has 1 aliphatic rings. The van der Waals surface area contributed by atoms with Crippen LogP contribution in [-0.2, 0) is 6.54 Å². The Morgan fingerprint density at radius 2 is 1.90 bits per heavy atom. The maximum absolute atomic E-state index is 9.12. The van der Waals surface area contributed by atoms with Gasteiger partial charge in [0, 0.05) is 12.6 Å². The zero-order valence-electron chi connectivity index (χ0n) is 12.1. The Morgan fingerprint density at radius 3 is 2.45 bits per heavy atom. The van der Waals surface area contributed by atoms with Crippen LogP contribution in [0.1, 0.15) is 44.6 Å². The monoisotopic (exact) mass is 298 g/mol. The molecule has 20 heavy (non-hydrogen) atoms. The van der Waals surface area contributed by atoms with Crippen LogP contribution in [0.4, 0.5) is 0 Å². The van der Waals surface area contributed by atoms with E-state index >= 15 is 0 Å². The molecule has 0 aromatic heterocycles. The van der Waals surface area contributed by atoms with Crippen LogP contribution in [0.15, 0.2) is 24.3 Å². The van der Waals surface area contributed by atoms with Crippen molar-refractivity contribution in [3.63, 3.8) is 0 Å². The Kier molecular flexibility index (Phi) is 7.97. The highest BCUT2D eigenvalue weighted by Crippen LogP contribution is 2.24. The molecule has 1 fully saturated rings. The van der Waals surface area contributed by atoms with Crippen molar-refractivity contribution in [2.24, 2.45) is 0 Å². The maximum atomic E-state index is 9.12. The van der Waals surface area contributed by atoms with Gasteiger partial charge in [0.15, 0.2) is 0 Å². The first-order chi connectivity index (χ1) is 9.31. The van der Waals surface area contributed by atoms with E-state index in [0.717, 1.165) is 18.7 Å². The Balaban J connectivity index is 0.00000200. The molecule has 1 aromatic rings. The van der Waals surface area contributed by atoms with Crippen molar-refractivity contribution in [3.8, 4) is 5.75 Å². The summed E-state index contributed by atoms with van der Waals surface area (Å²) >= 11 is 0. The number of aliphatic hydroxyl groups is 1. The van der Waals surface area contributed by atoms with Crippen molar-refractivity contribution in [2.75, 3.05) is 6.61 Å². The lowest BCUT2D eigenvalue weighted by atomic mass is 10.2. The first-order valence-electron chi connectivity index (χ1n) is 7.41. The quantitative estimate of drug-likeness (QED) is 0.737. The van der Waals surface area contributed by atoms with E-state index in [2.05, 4.69) is 36.5 Å². The summed E-state index contributed by atoms with van der Waals surface area (Å²) in [6, 6.07) is 8.49. The van der Waals surface area contributed by atoms with Crippen LogP contribution >= 0.6 is 0 Å². The van der Waals surface area contributed by atoms with E-state index in [1.165, 1.54) is 31.2 Å². The average molecular weight is 299 g/mol. The van der Waals surface area contributed by atoms with Crippen molar-refractivity contribution >= 4 is 0 Å². The highest BCUT2D eigenvalue weighted by atomic mass is 35.5. The molecule has 1 aliphatic carbocycles. The maximum Gasteiger partial charge on any atom is 0.119 e. The van der Waals surface area contributed by atoms with Gasteiger partial charge in [-0.25, -0.2) is 0 Å². The number of halogens is 1. The van der Waals surface area contributed by atoms with E-state index in [9.17, 15) is 0 Å². The average Bonchev–Trinajstić information content (AvgIpc) is 2.95. The lowest BCUT2D eigenvalue weighted by Gasteiger charge is -2.15. The molecule has 0 heterocycles. The van der Waals surface area contributed by atoms with Crippen molar-refractivity contribution in [3.05, 3.63) is 29.8 Å². The van der Waals surface area contributed by atoms with Crippen LogP contribution in [0.3, 0.4) is 0 Å². The summed E-state index contributed by atoms with van der Waals surface area (Å²) in [6.07, 6.45) is 6.34. The molecule has 0 radical (unpaired) electrons. The van der Waals surface area contributed by atoms with E-state index in [1.807, 2.05) is 0 Å². The molecule has 2 N–H and O–H groups in total. The van der Waals surface area contributed by atoms with Crippen LogP contribution in [0.2, 0.25) is 0 Å². The summed E-state index contributed by atoms with van der Waals surface area (Å²) in [4.78, 5) is 0. The molecule has 2 rings (SSSR count). The van der Waals surface area contributed by atoms with Gasteiger partial charge in [0.05, 0.1) is 12.7 Å². The Bertz CT molecular complexity index is 359. The number of hydrogen-bond donors (Lipinski definition) is 2. The minimum absolute atomic E-state index is 0. The third kappa shape index (κ3) is 5.31. The Morgan fingerprint density at radius 1 is 1.25 bits per heavy atom. The number of benzene rings is 1. The van der Waals surface area contributed by atoms with E-state index in [1.54, 1.807) is 0 Å². The summed E-state index contributed by atoms with van der Waals surface area (Å²) < 4.78 is 5.94. The fraction of sp³-hybridized carbons (Fsp3) is 0.625. The topological polar surface area (TPSA) is 41.5 Å².